The number of aliphatic hydroxyl groups is 6. The first-order chi connectivity index (χ1) is 14.4. The first-order valence-electron chi connectivity index (χ1n) is 11.4. The zero-order chi connectivity index (χ0) is 21.4. The Hall–Kier alpha value is -0.360. The van der Waals surface area contributed by atoms with Gasteiger partial charge in [-0.15, -0.1) is 0 Å². The van der Waals surface area contributed by atoms with Gasteiger partial charge in [-0.2, -0.15) is 0 Å². The molecule has 4 fully saturated rings. The number of ether oxygens (including phenoxy) is 3. The van der Waals surface area contributed by atoms with Crippen molar-refractivity contribution in [3.8, 4) is 0 Å². The van der Waals surface area contributed by atoms with E-state index in [2.05, 4.69) is 0 Å². The fraction of sp³-hybridized carbons (Fsp3) is 1.00. The molecular formula is C21H36O9. The molecule has 12 unspecified atom stereocenters. The number of hydrogen-bond acceptors (Lipinski definition) is 9. The molecule has 0 aromatic heterocycles. The molecule has 6 N–H and O–H groups in total. The minimum Gasteiger partial charge on any atom is -0.394 e. The Morgan fingerprint density at radius 2 is 1.50 bits per heavy atom. The molecule has 0 aromatic carbocycles. The van der Waals surface area contributed by atoms with Gasteiger partial charge in [0.05, 0.1) is 37.1 Å². The van der Waals surface area contributed by atoms with Crippen molar-refractivity contribution in [2.24, 2.45) is 11.8 Å². The van der Waals surface area contributed by atoms with Crippen LogP contribution in [0.1, 0.15) is 51.4 Å². The predicted octanol–water partition coefficient (Wildman–Crippen LogP) is -0.959. The van der Waals surface area contributed by atoms with Gasteiger partial charge in [-0.3, -0.25) is 0 Å². The van der Waals surface area contributed by atoms with Crippen molar-refractivity contribution in [2.45, 2.75) is 113 Å². The van der Waals surface area contributed by atoms with Gasteiger partial charge in [0.15, 0.2) is 6.29 Å². The van der Waals surface area contributed by atoms with Crippen molar-refractivity contribution in [2.75, 3.05) is 6.61 Å². The summed E-state index contributed by atoms with van der Waals surface area (Å²) in [6.45, 7) is -0.507. The molecule has 2 aliphatic carbocycles. The van der Waals surface area contributed by atoms with Crippen molar-refractivity contribution < 1.29 is 44.8 Å². The van der Waals surface area contributed by atoms with Crippen molar-refractivity contribution in [1.82, 2.24) is 0 Å². The molecule has 2 heterocycles. The van der Waals surface area contributed by atoms with Gasteiger partial charge in [-0.1, -0.05) is 12.8 Å². The summed E-state index contributed by atoms with van der Waals surface area (Å²) in [5.41, 5.74) is 0. The molecule has 4 rings (SSSR count). The fourth-order valence-electron chi connectivity index (χ4n) is 5.70. The third-order valence-electron chi connectivity index (χ3n) is 7.52. The Balaban J connectivity index is 1.50. The van der Waals surface area contributed by atoms with Crippen LogP contribution >= 0.6 is 0 Å². The normalized spacial score (nSPS) is 52.6. The molecule has 12 atom stereocenters. The Labute approximate surface area is 176 Å². The lowest BCUT2D eigenvalue weighted by Crippen LogP contribution is -2.61. The van der Waals surface area contributed by atoms with Gasteiger partial charge >= 0.3 is 0 Å². The van der Waals surface area contributed by atoms with E-state index in [1.54, 1.807) is 0 Å². The molecule has 0 spiro atoms. The molecule has 9 nitrogen and oxygen atoms in total. The molecule has 4 aliphatic rings. The molecule has 30 heavy (non-hydrogen) atoms. The van der Waals surface area contributed by atoms with Crippen LogP contribution in [-0.4, -0.2) is 98.5 Å². The van der Waals surface area contributed by atoms with Gasteiger partial charge in [-0.25, -0.2) is 0 Å². The van der Waals surface area contributed by atoms with Crippen LogP contribution in [0.4, 0.5) is 0 Å². The van der Waals surface area contributed by atoms with E-state index in [0.29, 0.717) is 25.2 Å². The monoisotopic (exact) mass is 432 g/mol. The molecule has 2 saturated heterocycles. The van der Waals surface area contributed by atoms with Gasteiger partial charge in [0.2, 0.25) is 0 Å². The van der Waals surface area contributed by atoms with Crippen molar-refractivity contribution in [3.63, 3.8) is 0 Å². The molecule has 0 radical (unpaired) electrons. The van der Waals surface area contributed by atoms with Crippen LogP contribution in [0.15, 0.2) is 0 Å². The summed E-state index contributed by atoms with van der Waals surface area (Å²) >= 11 is 0. The summed E-state index contributed by atoms with van der Waals surface area (Å²) in [7, 11) is 0. The lowest BCUT2D eigenvalue weighted by atomic mass is 9.74. The van der Waals surface area contributed by atoms with E-state index in [0.717, 1.165) is 32.1 Å². The minimum atomic E-state index is -1.49. The highest BCUT2D eigenvalue weighted by atomic mass is 16.7. The van der Waals surface area contributed by atoms with Gasteiger partial charge in [0.1, 0.15) is 24.4 Å². The second-order valence-corrected chi connectivity index (χ2v) is 9.50. The van der Waals surface area contributed by atoms with Gasteiger partial charge in [0.25, 0.3) is 0 Å². The summed E-state index contributed by atoms with van der Waals surface area (Å²) in [4.78, 5) is 0. The van der Waals surface area contributed by atoms with Crippen molar-refractivity contribution in [1.29, 1.82) is 0 Å². The topological polar surface area (TPSA) is 149 Å². The lowest BCUT2D eigenvalue weighted by molar-refractivity contribution is -0.330. The van der Waals surface area contributed by atoms with Crippen LogP contribution in [0.2, 0.25) is 0 Å². The standard InChI is InChI=1S/C21H36O9/c22-9-16-17(25)18(26)19(27)21(30-16)29-15-8-10-3-1-2-4-14(10)28-20(15)11-5-6-12(23)13(24)7-11/h10-27H,1-9H2. The first-order valence-corrected chi connectivity index (χ1v) is 11.4. The summed E-state index contributed by atoms with van der Waals surface area (Å²) in [6, 6.07) is 0. The largest absolute Gasteiger partial charge is 0.394 e. The Kier molecular flexibility index (Phi) is 7.33. The highest BCUT2D eigenvalue weighted by molar-refractivity contribution is 4.96. The SMILES string of the molecule is OCC1OC(OC2CC3CCCCC3OC2C2CCC(O)C(O)C2)C(O)C(O)C1O. The molecule has 2 saturated carbocycles. The molecule has 9 heteroatoms. The Morgan fingerprint density at radius 1 is 0.733 bits per heavy atom. The minimum absolute atomic E-state index is 0.00108. The molecular weight excluding hydrogens is 396 g/mol. The molecule has 0 amide bonds. The van der Waals surface area contributed by atoms with Crippen molar-refractivity contribution in [3.05, 3.63) is 0 Å². The highest BCUT2D eigenvalue weighted by Crippen LogP contribution is 2.43. The van der Waals surface area contributed by atoms with E-state index in [-0.39, 0.29) is 18.1 Å². The quantitative estimate of drug-likeness (QED) is 0.330. The highest BCUT2D eigenvalue weighted by Gasteiger charge is 2.49. The van der Waals surface area contributed by atoms with E-state index >= 15 is 0 Å². The summed E-state index contributed by atoms with van der Waals surface area (Å²) in [5.74, 6) is 0.338. The first kappa shape index (κ1) is 22.8. The molecule has 2 aliphatic heterocycles. The summed E-state index contributed by atoms with van der Waals surface area (Å²) in [5, 5.41) is 60.1. The van der Waals surface area contributed by atoms with Gasteiger partial charge in [-0.05, 0) is 50.4 Å². The van der Waals surface area contributed by atoms with Crippen LogP contribution < -0.4 is 0 Å². The van der Waals surface area contributed by atoms with Crippen LogP contribution in [0.3, 0.4) is 0 Å². The maximum absolute atomic E-state index is 10.4. The van der Waals surface area contributed by atoms with Crippen molar-refractivity contribution >= 4 is 0 Å². The smallest absolute Gasteiger partial charge is 0.187 e. The zero-order valence-corrected chi connectivity index (χ0v) is 17.2. The predicted molar refractivity (Wildman–Crippen MR) is 103 cm³/mol. The fourth-order valence-corrected chi connectivity index (χ4v) is 5.70. The second-order valence-electron chi connectivity index (χ2n) is 9.50. The third kappa shape index (κ3) is 4.55. The van der Waals surface area contributed by atoms with Gasteiger partial charge < -0.3 is 44.8 Å². The van der Waals surface area contributed by atoms with E-state index in [1.165, 1.54) is 0 Å². The average molecular weight is 433 g/mol. The number of aliphatic hydroxyl groups excluding tert-OH is 6. The van der Waals surface area contributed by atoms with Crippen LogP contribution in [-0.2, 0) is 14.2 Å². The lowest BCUT2D eigenvalue weighted by Gasteiger charge is -2.49. The maximum atomic E-state index is 10.4. The maximum Gasteiger partial charge on any atom is 0.187 e. The number of rotatable bonds is 4. The van der Waals surface area contributed by atoms with E-state index < -0.39 is 55.6 Å². The second kappa shape index (κ2) is 9.64. The Morgan fingerprint density at radius 3 is 2.23 bits per heavy atom. The summed E-state index contributed by atoms with van der Waals surface area (Å²) in [6.07, 6.45) is -2.09. The summed E-state index contributed by atoms with van der Waals surface area (Å²) < 4.78 is 18.2. The molecule has 0 bridgehead atoms. The van der Waals surface area contributed by atoms with E-state index in [1.807, 2.05) is 0 Å². The van der Waals surface area contributed by atoms with Crippen LogP contribution in [0, 0.1) is 11.8 Å². The van der Waals surface area contributed by atoms with E-state index in [9.17, 15) is 30.6 Å². The van der Waals surface area contributed by atoms with Crippen LogP contribution in [0.5, 0.6) is 0 Å². The number of fused-ring (bicyclic) bond motifs is 1. The average Bonchev–Trinajstić information content (AvgIpc) is 2.75. The third-order valence-corrected chi connectivity index (χ3v) is 7.52. The van der Waals surface area contributed by atoms with Crippen LogP contribution in [0.25, 0.3) is 0 Å². The number of hydrogen-bond donors (Lipinski definition) is 6. The van der Waals surface area contributed by atoms with E-state index in [4.69, 9.17) is 14.2 Å². The van der Waals surface area contributed by atoms with Gasteiger partial charge in [0, 0.05) is 0 Å². The molecule has 174 valence electrons. The Bertz CT molecular complexity index is 561. The molecule has 0 aromatic rings. The zero-order valence-electron chi connectivity index (χ0n) is 17.2.